The van der Waals surface area contributed by atoms with Crippen LogP contribution in [0.2, 0.25) is 0 Å². The van der Waals surface area contributed by atoms with Gasteiger partial charge in [0.2, 0.25) is 9.84 Å². The predicted octanol–water partition coefficient (Wildman–Crippen LogP) is 4.30. The Hall–Kier alpha value is -3.96. The van der Waals surface area contributed by atoms with Gasteiger partial charge < -0.3 is 9.80 Å². The molecule has 8 heteroatoms. The van der Waals surface area contributed by atoms with Crippen LogP contribution in [0.25, 0.3) is 11.0 Å². The molecule has 0 unspecified atom stereocenters. The van der Waals surface area contributed by atoms with E-state index in [1.807, 2.05) is 54.3 Å². The molecule has 0 aliphatic carbocycles. The molecule has 3 aromatic carbocycles. The number of para-hydroxylation sites is 3. The van der Waals surface area contributed by atoms with Gasteiger partial charge in [-0.25, -0.2) is 18.4 Å². The van der Waals surface area contributed by atoms with Gasteiger partial charge in [0, 0.05) is 31.9 Å². The van der Waals surface area contributed by atoms with Gasteiger partial charge in [-0.05, 0) is 43.3 Å². The fourth-order valence-corrected chi connectivity index (χ4v) is 5.75. The quantitative estimate of drug-likeness (QED) is 0.418. The number of nitriles is 1. The fourth-order valence-electron chi connectivity index (χ4n) is 4.37. The summed E-state index contributed by atoms with van der Waals surface area (Å²) in [7, 11) is -4.01. The smallest absolute Gasteiger partial charge is 0.200 e. The number of hydrogen-bond acceptors (Lipinski definition) is 7. The van der Waals surface area contributed by atoms with E-state index in [1.165, 1.54) is 0 Å². The molecule has 2 heterocycles. The number of nitrogens with zero attached hydrogens (tertiary/aromatic N) is 5. The van der Waals surface area contributed by atoms with E-state index in [0.717, 1.165) is 24.3 Å². The van der Waals surface area contributed by atoms with Crippen LogP contribution in [0.1, 0.15) is 16.5 Å². The van der Waals surface area contributed by atoms with E-state index >= 15 is 0 Å². The zero-order valence-corrected chi connectivity index (χ0v) is 20.2. The van der Waals surface area contributed by atoms with E-state index < -0.39 is 15.1 Å². The predicted molar refractivity (Wildman–Crippen MR) is 137 cm³/mol. The van der Waals surface area contributed by atoms with Gasteiger partial charge in [-0.2, -0.15) is 5.26 Å². The second kappa shape index (κ2) is 9.35. The summed E-state index contributed by atoms with van der Waals surface area (Å²) >= 11 is 0. The monoisotopic (exact) mass is 483 g/mol. The van der Waals surface area contributed by atoms with Crippen LogP contribution in [0.4, 0.5) is 11.5 Å². The normalized spacial score (nSPS) is 15.1. The molecule has 1 fully saturated rings. The molecule has 176 valence electrons. The van der Waals surface area contributed by atoms with Crippen molar-refractivity contribution in [1.29, 1.82) is 5.26 Å². The van der Waals surface area contributed by atoms with Crippen LogP contribution in [0.15, 0.2) is 83.8 Å². The maximum Gasteiger partial charge on any atom is 0.200 e. The van der Waals surface area contributed by atoms with Crippen LogP contribution in [0.3, 0.4) is 0 Å². The van der Waals surface area contributed by atoms with Crippen molar-refractivity contribution in [3.8, 4) is 6.07 Å². The van der Waals surface area contributed by atoms with Gasteiger partial charge in [0.05, 0.1) is 22.0 Å². The Morgan fingerprint density at radius 2 is 1.37 bits per heavy atom. The first kappa shape index (κ1) is 22.8. The van der Waals surface area contributed by atoms with Crippen molar-refractivity contribution in [1.82, 2.24) is 9.97 Å². The average molecular weight is 484 g/mol. The van der Waals surface area contributed by atoms with Crippen LogP contribution < -0.4 is 9.80 Å². The van der Waals surface area contributed by atoms with E-state index in [1.54, 1.807) is 30.3 Å². The third kappa shape index (κ3) is 4.43. The molecule has 7 nitrogen and oxygen atoms in total. The van der Waals surface area contributed by atoms with Crippen LogP contribution in [0.5, 0.6) is 0 Å². The zero-order valence-electron chi connectivity index (χ0n) is 19.4. The molecule has 35 heavy (non-hydrogen) atoms. The third-order valence-electron chi connectivity index (χ3n) is 6.30. The van der Waals surface area contributed by atoms with E-state index in [-0.39, 0.29) is 10.6 Å². The number of benzene rings is 3. The molecule has 1 atom stereocenters. The molecule has 0 radical (unpaired) electrons. The van der Waals surface area contributed by atoms with Crippen molar-refractivity contribution >= 4 is 32.4 Å². The van der Waals surface area contributed by atoms with Crippen molar-refractivity contribution in [2.75, 3.05) is 36.0 Å². The minimum atomic E-state index is -4.01. The molecule has 4 aromatic rings. The summed E-state index contributed by atoms with van der Waals surface area (Å²) in [6, 6.07) is 26.1. The lowest BCUT2D eigenvalue weighted by atomic mass is 10.2. The lowest BCUT2D eigenvalue weighted by Crippen LogP contribution is -2.47. The van der Waals surface area contributed by atoms with Crippen LogP contribution in [-0.2, 0) is 9.84 Å². The lowest BCUT2D eigenvalue weighted by Gasteiger charge is -2.37. The third-order valence-corrected chi connectivity index (χ3v) is 8.18. The second-order valence-electron chi connectivity index (χ2n) is 8.60. The summed E-state index contributed by atoms with van der Waals surface area (Å²) in [6.45, 7) is 4.66. The molecule has 5 rings (SSSR count). The summed E-state index contributed by atoms with van der Waals surface area (Å²) in [4.78, 5) is 13.9. The van der Waals surface area contributed by atoms with Crippen molar-refractivity contribution in [2.45, 2.75) is 17.1 Å². The first-order valence-electron chi connectivity index (χ1n) is 11.5. The number of anilines is 2. The van der Waals surface area contributed by atoms with Crippen molar-refractivity contribution in [3.63, 3.8) is 0 Å². The summed E-state index contributed by atoms with van der Waals surface area (Å²) in [5, 5.41) is 8.62. The zero-order chi connectivity index (χ0) is 24.4. The lowest BCUT2D eigenvalue weighted by molar-refractivity contribution is 0.589. The molecule has 1 aliphatic heterocycles. The van der Waals surface area contributed by atoms with Crippen LogP contribution >= 0.6 is 0 Å². The Kier molecular flexibility index (Phi) is 6.10. The summed E-state index contributed by atoms with van der Waals surface area (Å²) in [5.41, 5.74) is 3.50. The second-order valence-corrected chi connectivity index (χ2v) is 10.6. The summed E-state index contributed by atoms with van der Waals surface area (Å²) in [5.74, 6) is 0.457. The Morgan fingerprint density at radius 1 is 0.800 bits per heavy atom. The number of sulfone groups is 1. The van der Waals surface area contributed by atoms with E-state index in [2.05, 4.69) is 22.0 Å². The fraction of sp³-hybridized carbons (Fsp3) is 0.222. The van der Waals surface area contributed by atoms with E-state index in [4.69, 9.17) is 4.98 Å². The number of fused-ring (bicyclic) bond motifs is 1. The Labute approximate surface area is 205 Å². The number of piperazine rings is 1. The van der Waals surface area contributed by atoms with Gasteiger partial charge in [0.25, 0.3) is 0 Å². The maximum atomic E-state index is 13.6. The molecule has 0 N–H and O–H groups in total. The van der Waals surface area contributed by atoms with Crippen molar-refractivity contribution in [2.24, 2.45) is 0 Å². The molecule has 0 saturated carbocycles. The largest absolute Gasteiger partial charge is 0.368 e. The van der Waals surface area contributed by atoms with Crippen molar-refractivity contribution < 1.29 is 8.42 Å². The Morgan fingerprint density at radius 3 is 2.00 bits per heavy atom. The van der Waals surface area contributed by atoms with Gasteiger partial charge in [0.1, 0.15) is 5.69 Å². The molecule has 0 bridgehead atoms. The molecule has 1 aromatic heterocycles. The summed E-state index contributed by atoms with van der Waals surface area (Å²) < 4.78 is 27.1. The Balaban J connectivity index is 1.55. The van der Waals surface area contributed by atoms with Gasteiger partial charge in [-0.15, -0.1) is 0 Å². The number of rotatable bonds is 5. The molecule has 0 spiro atoms. The highest BCUT2D eigenvalue weighted by Gasteiger charge is 2.35. The highest BCUT2D eigenvalue weighted by Crippen LogP contribution is 2.34. The van der Waals surface area contributed by atoms with Crippen LogP contribution in [0, 0.1) is 18.3 Å². The Bertz CT molecular complexity index is 1490. The molecular weight excluding hydrogens is 458 g/mol. The molecule has 0 amide bonds. The van der Waals surface area contributed by atoms with Crippen molar-refractivity contribution in [3.05, 3.63) is 90.1 Å². The highest BCUT2D eigenvalue weighted by atomic mass is 32.2. The first-order valence-corrected chi connectivity index (χ1v) is 13.0. The number of aryl methyl sites for hydroxylation is 1. The molecule has 1 saturated heterocycles. The minimum absolute atomic E-state index is 0.101. The number of aromatic nitrogens is 2. The van der Waals surface area contributed by atoms with E-state index in [9.17, 15) is 13.7 Å². The highest BCUT2D eigenvalue weighted by molar-refractivity contribution is 7.92. The van der Waals surface area contributed by atoms with E-state index in [0.29, 0.717) is 29.9 Å². The standard InChI is InChI=1S/C27H25N5O2S/c1-20-11-13-22(14-12-20)35(33,34)25(19-28)26-27(30-24-10-6-5-9-23(24)29-26)32-17-15-31(16-18-32)21-7-3-2-4-8-21/h2-14,25H,15-18H2,1H3/t25-/m1/s1. The molecule has 1 aliphatic rings. The minimum Gasteiger partial charge on any atom is -0.368 e. The van der Waals surface area contributed by atoms with Gasteiger partial charge in [-0.3, -0.25) is 0 Å². The molecular formula is C27H25N5O2S. The first-order chi connectivity index (χ1) is 17.0. The maximum absolute atomic E-state index is 13.6. The summed E-state index contributed by atoms with van der Waals surface area (Å²) in [6.07, 6.45) is 0. The number of hydrogen-bond donors (Lipinski definition) is 0. The SMILES string of the molecule is Cc1ccc(S(=O)(=O)[C@H](C#N)c2nc3ccccc3nc2N2CCN(c3ccccc3)CC2)cc1. The van der Waals surface area contributed by atoms with Gasteiger partial charge in [0.15, 0.2) is 11.1 Å². The van der Waals surface area contributed by atoms with Gasteiger partial charge in [-0.1, -0.05) is 48.0 Å². The van der Waals surface area contributed by atoms with Crippen LogP contribution in [-0.4, -0.2) is 44.6 Å². The van der Waals surface area contributed by atoms with Gasteiger partial charge >= 0.3 is 0 Å². The average Bonchev–Trinajstić information content (AvgIpc) is 2.89. The topological polar surface area (TPSA) is 90.2 Å².